The van der Waals surface area contributed by atoms with E-state index in [4.69, 9.17) is 10.6 Å². The predicted molar refractivity (Wildman–Crippen MR) is 43.0 cm³/mol. The fourth-order valence-corrected chi connectivity index (χ4v) is 0.528. The second-order valence-electron chi connectivity index (χ2n) is 3.31. The van der Waals surface area contributed by atoms with Crippen molar-refractivity contribution in [3.8, 4) is 0 Å². The molecule has 1 unspecified atom stereocenters. The number of hydrogen-bond donors (Lipinski definition) is 2. The molecule has 0 aromatic carbocycles. The van der Waals surface area contributed by atoms with Crippen LogP contribution in [0.4, 0.5) is 0 Å². The van der Waals surface area contributed by atoms with E-state index < -0.39 is 17.6 Å². The smallest absolute Gasteiger partial charge is 0.332 e. The quantitative estimate of drug-likeness (QED) is 0.195. The standard InChI is InChI=1S/C7H14N2O3/c1-7(2,3)12-6(11)5(4-10)9-8/h4-5,9H,8H2,1-3H3. The minimum atomic E-state index is -1.08. The topological polar surface area (TPSA) is 81.4 Å². The lowest BCUT2D eigenvalue weighted by atomic mass is 10.2. The highest BCUT2D eigenvalue weighted by Gasteiger charge is 2.23. The summed E-state index contributed by atoms with van der Waals surface area (Å²) in [4.78, 5) is 21.2. The Bertz CT molecular complexity index is 174. The van der Waals surface area contributed by atoms with Gasteiger partial charge >= 0.3 is 5.97 Å². The Balaban J connectivity index is 4.11. The Labute approximate surface area is 71.2 Å². The second-order valence-corrected chi connectivity index (χ2v) is 3.31. The van der Waals surface area contributed by atoms with Crippen LogP contribution in [0, 0.1) is 0 Å². The molecule has 0 aliphatic rings. The van der Waals surface area contributed by atoms with Gasteiger partial charge in [0, 0.05) is 0 Å². The van der Waals surface area contributed by atoms with Crippen molar-refractivity contribution in [1.29, 1.82) is 0 Å². The van der Waals surface area contributed by atoms with Crippen LogP contribution in [-0.4, -0.2) is 23.9 Å². The number of aldehydes is 1. The van der Waals surface area contributed by atoms with Gasteiger partial charge in [-0.15, -0.1) is 0 Å². The van der Waals surface area contributed by atoms with Crippen molar-refractivity contribution in [1.82, 2.24) is 5.43 Å². The third-order valence-corrected chi connectivity index (χ3v) is 0.976. The summed E-state index contributed by atoms with van der Waals surface area (Å²) in [7, 11) is 0. The molecule has 0 spiro atoms. The van der Waals surface area contributed by atoms with Crippen LogP contribution >= 0.6 is 0 Å². The van der Waals surface area contributed by atoms with E-state index in [9.17, 15) is 9.59 Å². The lowest BCUT2D eigenvalue weighted by Gasteiger charge is -2.21. The molecule has 0 aromatic rings. The number of esters is 1. The van der Waals surface area contributed by atoms with E-state index in [0.29, 0.717) is 6.29 Å². The van der Waals surface area contributed by atoms with E-state index in [1.165, 1.54) is 0 Å². The fourth-order valence-electron chi connectivity index (χ4n) is 0.528. The maximum Gasteiger partial charge on any atom is 0.332 e. The first-order valence-electron chi connectivity index (χ1n) is 3.55. The average Bonchev–Trinajstić information content (AvgIpc) is 1.85. The first kappa shape index (κ1) is 11.1. The molecule has 70 valence electrons. The summed E-state index contributed by atoms with van der Waals surface area (Å²) in [5.74, 6) is 4.25. The number of rotatable bonds is 3. The van der Waals surface area contributed by atoms with Gasteiger partial charge in [0.15, 0.2) is 6.04 Å². The molecule has 0 aliphatic heterocycles. The lowest BCUT2D eigenvalue weighted by Crippen LogP contribution is -2.45. The zero-order chi connectivity index (χ0) is 9.78. The second kappa shape index (κ2) is 4.18. The fraction of sp³-hybridized carbons (Fsp3) is 0.714. The van der Waals surface area contributed by atoms with Crippen LogP contribution in [0.5, 0.6) is 0 Å². The van der Waals surface area contributed by atoms with Gasteiger partial charge in [-0.3, -0.25) is 5.84 Å². The van der Waals surface area contributed by atoms with Crippen LogP contribution in [0.3, 0.4) is 0 Å². The van der Waals surface area contributed by atoms with Gasteiger partial charge in [0.2, 0.25) is 0 Å². The molecule has 0 heterocycles. The highest BCUT2D eigenvalue weighted by Crippen LogP contribution is 2.07. The Morgan fingerprint density at radius 3 is 2.33 bits per heavy atom. The van der Waals surface area contributed by atoms with Crippen molar-refractivity contribution < 1.29 is 14.3 Å². The Morgan fingerprint density at radius 1 is 1.58 bits per heavy atom. The van der Waals surface area contributed by atoms with Gasteiger partial charge < -0.3 is 9.53 Å². The number of carbonyl (C=O) groups is 2. The van der Waals surface area contributed by atoms with Crippen molar-refractivity contribution in [2.24, 2.45) is 5.84 Å². The van der Waals surface area contributed by atoms with Gasteiger partial charge in [-0.1, -0.05) is 0 Å². The molecule has 5 heteroatoms. The number of hydrazine groups is 1. The highest BCUT2D eigenvalue weighted by atomic mass is 16.6. The van der Waals surface area contributed by atoms with E-state index in [-0.39, 0.29) is 0 Å². The van der Waals surface area contributed by atoms with Gasteiger partial charge in [-0.05, 0) is 20.8 Å². The van der Waals surface area contributed by atoms with Gasteiger partial charge in [-0.25, -0.2) is 10.2 Å². The third-order valence-electron chi connectivity index (χ3n) is 0.976. The molecule has 0 bridgehead atoms. The Morgan fingerprint density at radius 2 is 2.08 bits per heavy atom. The molecule has 0 aliphatic carbocycles. The monoisotopic (exact) mass is 174 g/mol. The van der Waals surface area contributed by atoms with Crippen LogP contribution < -0.4 is 11.3 Å². The number of carbonyl (C=O) groups excluding carboxylic acids is 2. The van der Waals surface area contributed by atoms with Gasteiger partial charge in [0.05, 0.1) is 0 Å². The third kappa shape index (κ3) is 4.05. The summed E-state index contributed by atoms with van der Waals surface area (Å²) in [6.07, 6.45) is 0.397. The average molecular weight is 174 g/mol. The van der Waals surface area contributed by atoms with Gasteiger partial charge in [0.1, 0.15) is 11.9 Å². The van der Waals surface area contributed by atoms with E-state index in [1.807, 2.05) is 5.43 Å². The van der Waals surface area contributed by atoms with Crippen molar-refractivity contribution >= 4 is 12.3 Å². The number of nitrogens with one attached hydrogen (secondary N) is 1. The largest absolute Gasteiger partial charge is 0.458 e. The summed E-state index contributed by atoms with van der Waals surface area (Å²) in [5, 5.41) is 0. The molecule has 12 heavy (non-hydrogen) atoms. The number of nitrogens with two attached hydrogens (primary N) is 1. The molecule has 1 atom stereocenters. The Hall–Kier alpha value is -0.940. The normalized spacial score (nSPS) is 13.7. The maximum atomic E-state index is 11.0. The summed E-state index contributed by atoms with van der Waals surface area (Å²) < 4.78 is 4.87. The molecule has 0 saturated heterocycles. The summed E-state index contributed by atoms with van der Waals surface area (Å²) in [6, 6.07) is -1.08. The van der Waals surface area contributed by atoms with Gasteiger partial charge in [-0.2, -0.15) is 0 Å². The molecule has 3 N–H and O–H groups in total. The summed E-state index contributed by atoms with van der Waals surface area (Å²) in [5.41, 5.74) is 1.43. The molecule has 5 nitrogen and oxygen atoms in total. The van der Waals surface area contributed by atoms with E-state index in [0.717, 1.165) is 0 Å². The number of hydrogen-bond acceptors (Lipinski definition) is 5. The molecule has 0 amide bonds. The highest BCUT2D eigenvalue weighted by molar-refractivity contribution is 5.92. The lowest BCUT2D eigenvalue weighted by molar-refractivity contribution is -0.157. The zero-order valence-electron chi connectivity index (χ0n) is 7.46. The van der Waals surface area contributed by atoms with E-state index in [1.54, 1.807) is 20.8 Å². The van der Waals surface area contributed by atoms with Crippen LogP contribution in [0.1, 0.15) is 20.8 Å². The van der Waals surface area contributed by atoms with Crippen molar-refractivity contribution in [2.45, 2.75) is 32.4 Å². The minimum Gasteiger partial charge on any atom is -0.458 e. The van der Waals surface area contributed by atoms with Crippen molar-refractivity contribution in [3.05, 3.63) is 0 Å². The van der Waals surface area contributed by atoms with Crippen molar-refractivity contribution in [3.63, 3.8) is 0 Å². The SMILES string of the molecule is CC(C)(C)OC(=O)C(C=O)NN. The maximum absolute atomic E-state index is 11.0. The number of ether oxygens (including phenoxy) is 1. The molecule has 0 rings (SSSR count). The zero-order valence-corrected chi connectivity index (χ0v) is 7.46. The van der Waals surface area contributed by atoms with Crippen LogP contribution in [0.15, 0.2) is 0 Å². The van der Waals surface area contributed by atoms with Crippen LogP contribution in [0.2, 0.25) is 0 Å². The van der Waals surface area contributed by atoms with E-state index >= 15 is 0 Å². The first-order valence-corrected chi connectivity index (χ1v) is 3.55. The van der Waals surface area contributed by atoms with Gasteiger partial charge in [0.25, 0.3) is 0 Å². The van der Waals surface area contributed by atoms with Crippen molar-refractivity contribution in [2.75, 3.05) is 0 Å². The first-order chi connectivity index (χ1) is 5.40. The van der Waals surface area contributed by atoms with Crippen LogP contribution in [0.25, 0.3) is 0 Å². The van der Waals surface area contributed by atoms with Crippen LogP contribution in [-0.2, 0) is 14.3 Å². The molecular weight excluding hydrogens is 160 g/mol. The molecular formula is C7H14N2O3. The molecule has 0 fully saturated rings. The molecule has 0 saturated carbocycles. The summed E-state index contributed by atoms with van der Waals surface area (Å²) in [6.45, 7) is 5.13. The summed E-state index contributed by atoms with van der Waals surface area (Å²) >= 11 is 0. The molecule has 0 radical (unpaired) electrons. The predicted octanol–water partition coefficient (Wildman–Crippen LogP) is -0.641. The Kier molecular flexibility index (Phi) is 3.85. The molecule has 0 aromatic heterocycles. The van der Waals surface area contributed by atoms with E-state index in [2.05, 4.69) is 0 Å². The minimum absolute atomic E-state index is 0.397.